The predicted octanol–water partition coefficient (Wildman–Crippen LogP) is 3.54. The van der Waals surface area contributed by atoms with Crippen LogP contribution in [-0.2, 0) is 26.3 Å². The third kappa shape index (κ3) is 5.15. The lowest BCUT2D eigenvalue weighted by Crippen LogP contribution is -2.28. The molecule has 0 saturated carbocycles. The lowest BCUT2D eigenvalue weighted by atomic mass is 9.87. The molecule has 196 valence electrons. The summed E-state index contributed by atoms with van der Waals surface area (Å²) in [5.41, 5.74) is 5.15. The Morgan fingerprint density at radius 1 is 1.24 bits per heavy atom. The number of amides is 1. The first kappa shape index (κ1) is 25.2. The van der Waals surface area contributed by atoms with Crippen LogP contribution in [0.5, 0.6) is 5.75 Å². The number of hydrogen-bond donors (Lipinski definition) is 4. The van der Waals surface area contributed by atoms with E-state index >= 15 is 0 Å². The molecule has 0 aliphatic heterocycles. The van der Waals surface area contributed by atoms with Crippen LogP contribution in [0.3, 0.4) is 0 Å². The zero-order valence-electron chi connectivity index (χ0n) is 21.4. The summed E-state index contributed by atoms with van der Waals surface area (Å²) >= 11 is 0. The number of fused-ring (bicyclic) bond motifs is 2. The topological polar surface area (TPSA) is 146 Å². The number of H-pyrrole nitrogens is 1. The fourth-order valence-electron chi connectivity index (χ4n) is 4.88. The zero-order chi connectivity index (χ0) is 26.8. The highest BCUT2D eigenvalue weighted by Gasteiger charge is 2.24. The molecule has 38 heavy (non-hydrogen) atoms. The second-order valence-corrected chi connectivity index (χ2v) is 9.60. The molecule has 0 radical (unpaired) electrons. The molecule has 1 atom stereocenters. The van der Waals surface area contributed by atoms with Crippen LogP contribution in [-0.4, -0.2) is 55.4 Å². The number of carbonyl (C=O) groups is 2. The highest BCUT2D eigenvalue weighted by atomic mass is 16.5. The third-order valence-corrected chi connectivity index (χ3v) is 7.03. The molecule has 0 spiro atoms. The lowest BCUT2D eigenvalue weighted by molar-refractivity contribution is 0.0691. The molecule has 0 fully saturated rings. The molecule has 1 amide bonds. The summed E-state index contributed by atoms with van der Waals surface area (Å²) in [6.45, 7) is 2.24. The Morgan fingerprint density at radius 2 is 2.05 bits per heavy atom. The quantitative estimate of drug-likeness (QED) is 0.199. The average Bonchev–Trinajstić information content (AvgIpc) is 3.45. The molecular formula is C28H30N6O4. The number of carboxylic acids is 1. The molecule has 0 saturated heterocycles. The maximum Gasteiger partial charge on any atom is 0.339 e. The van der Waals surface area contributed by atoms with E-state index in [4.69, 9.17) is 20.1 Å². The number of aryl methyl sites for hydroxylation is 2. The van der Waals surface area contributed by atoms with Gasteiger partial charge in [-0.25, -0.2) is 14.8 Å². The van der Waals surface area contributed by atoms with E-state index in [2.05, 4.69) is 10.3 Å². The molecule has 1 unspecified atom stereocenters. The van der Waals surface area contributed by atoms with Crippen molar-refractivity contribution in [1.82, 2.24) is 24.8 Å². The fourth-order valence-corrected chi connectivity index (χ4v) is 4.88. The van der Waals surface area contributed by atoms with Gasteiger partial charge in [-0.1, -0.05) is 12.1 Å². The van der Waals surface area contributed by atoms with E-state index in [0.29, 0.717) is 12.0 Å². The van der Waals surface area contributed by atoms with Crippen molar-refractivity contribution >= 4 is 28.6 Å². The van der Waals surface area contributed by atoms with Crippen molar-refractivity contribution < 1.29 is 19.4 Å². The van der Waals surface area contributed by atoms with Gasteiger partial charge in [0.05, 0.1) is 29.7 Å². The summed E-state index contributed by atoms with van der Waals surface area (Å²) in [5.74, 6) is 0.933. The maximum absolute atomic E-state index is 12.8. The number of benzene rings is 2. The zero-order valence-corrected chi connectivity index (χ0v) is 21.4. The van der Waals surface area contributed by atoms with Gasteiger partial charge in [-0.05, 0) is 56.5 Å². The van der Waals surface area contributed by atoms with Crippen LogP contribution in [0.4, 0.5) is 0 Å². The number of carbonyl (C=O) groups excluding carboxylic acids is 1. The van der Waals surface area contributed by atoms with Crippen molar-refractivity contribution in [2.45, 2.75) is 32.6 Å². The van der Waals surface area contributed by atoms with Crippen LogP contribution in [0.15, 0.2) is 42.5 Å². The van der Waals surface area contributed by atoms with Crippen molar-refractivity contribution in [2.24, 2.45) is 13.0 Å². The smallest absolute Gasteiger partial charge is 0.339 e. The Morgan fingerprint density at radius 3 is 2.84 bits per heavy atom. The number of ether oxygens (including phenoxy) is 1. The Labute approximate surface area is 219 Å². The number of nitrogens with zero attached hydrogens (tertiary/aromatic N) is 3. The second kappa shape index (κ2) is 10.5. The number of aromatic amines is 1. The molecule has 2 aromatic heterocycles. The van der Waals surface area contributed by atoms with Crippen molar-refractivity contribution in [3.63, 3.8) is 0 Å². The molecule has 2 aromatic carbocycles. The molecule has 1 aliphatic carbocycles. The van der Waals surface area contributed by atoms with Crippen molar-refractivity contribution in [3.05, 3.63) is 76.6 Å². The molecule has 2 heterocycles. The number of nitrogens with one attached hydrogen (secondary N) is 3. The first-order chi connectivity index (χ1) is 18.3. The molecule has 10 nitrogen and oxygen atoms in total. The van der Waals surface area contributed by atoms with Gasteiger partial charge < -0.3 is 30.1 Å². The summed E-state index contributed by atoms with van der Waals surface area (Å²) < 4.78 is 7.53. The highest BCUT2D eigenvalue weighted by molar-refractivity contribution is 5.97. The fraction of sp³-hybridized carbons (Fsp3) is 0.321. The van der Waals surface area contributed by atoms with Crippen LogP contribution in [0.25, 0.3) is 11.0 Å². The van der Waals surface area contributed by atoms with E-state index in [1.54, 1.807) is 24.3 Å². The molecule has 5 rings (SSSR count). The SMILES string of the molecule is CC(=N)C1CCc2nc(Cc3nc4ccc(C(=O)NCCOc5ccccc5C(=O)O)cc4n3C)[nH]c2C1. The summed E-state index contributed by atoms with van der Waals surface area (Å²) in [6.07, 6.45) is 3.22. The molecule has 1 aliphatic rings. The maximum atomic E-state index is 12.8. The number of aromatic nitrogens is 4. The van der Waals surface area contributed by atoms with Gasteiger partial charge >= 0.3 is 5.97 Å². The summed E-state index contributed by atoms with van der Waals surface area (Å²) in [7, 11) is 1.93. The molecule has 4 N–H and O–H groups in total. The minimum Gasteiger partial charge on any atom is -0.491 e. The van der Waals surface area contributed by atoms with Gasteiger partial charge in [0, 0.05) is 29.9 Å². The average molecular weight is 515 g/mol. The minimum absolute atomic E-state index is 0.0802. The van der Waals surface area contributed by atoms with Crippen LogP contribution in [0, 0.1) is 11.3 Å². The number of hydrogen-bond acceptors (Lipinski definition) is 6. The van der Waals surface area contributed by atoms with Crippen molar-refractivity contribution in [1.29, 1.82) is 5.41 Å². The predicted molar refractivity (Wildman–Crippen MR) is 142 cm³/mol. The number of aromatic carboxylic acids is 1. The second-order valence-electron chi connectivity index (χ2n) is 9.60. The number of para-hydroxylation sites is 1. The number of imidazole rings is 2. The standard InChI is InChI=1S/C28H30N6O4/c1-16(29)17-7-9-20-22(13-17)32-25(31-20)15-26-33-21-10-8-18(14-23(21)34(26)2)27(35)30-11-12-38-24-6-4-3-5-19(24)28(36)37/h3-6,8,10,14,17,29H,7,9,11-13,15H2,1-2H3,(H,30,35)(H,31,32)(H,36,37). The molecular weight excluding hydrogens is 484 g/mol. The molecule has 10 heteroatoms. The monoisotopic (exact) mass is 514 g/mol. The Kier molecular flexibility index (Phi) is 6.95. The Balaban J connectivity index is 1.23. The first-order valence-corrected chi connectivity index (χ1v) is 12.6. The van der Waals surface area contributed by atoms with Gasteiger partial charge in [-0.2, -0.15) is 0 Å². The summed E-state index contributed by atoms with van der Waals surface area (Å²) in [6, 6.07) is 11.8. The van der Waals surface area contributed by atoms with E-state index in [1.807, 2.05) is 30.7 Å². The van der Waals surface area contributed by atoms with E-state index in [-0.39, 0.29) is 36.3 Å². The third-order valence-electron chi connectivity index (χ3n) is 7.03. The molecule has 0 bridgehead atoms. The van der Waals surface area contributed by atoms with Crippen LogP contribution >= 0.6 is 0 Å². The van der Waals surface area contributed by atoms with E-state index in [0.717, 1.165) is 59.0 Å². The Hall–Kier alpha value is -4.47. The summed E-state index contributed by atoms with van der Waals surface area (Å²) in [5, 5.41) is 20.0. The number of carboxylic acid groups (broad SMARTS) is 1. The minimum atomic E-state index is -1.06. The van der Waals surface area contributed by atoms with Crippen LogP contribution in [0.1, 0.15) is 57.1 Å². The highest BCUT2D eigenvalue weighted by Crippen LogP contribution is 2.26. The number of rotatable bonds is 9. The Bertz CT molecular complexity index is 1540. The van der Waals surface area contributed by atoms with Gasteiger partial charge in [0.1, 0.15) is 29.6 Å². The van der Waals surface area contributed by atoms with E-state index in [1.165, 1.54) is 6.07 Å². The van der Waals surface area contributed by atoms with Crippen LogP contribution in [0.2, 0.25) is 0 Å². The largest absolute Gasteiger partial charge is 0.491 e. The summed E-state index contributed by atoms with van der Waals surface area (Å²) in [4.78, 5) is 37.0. The van der Waals surface area contributed by atoms with Gasteiger partial charge in [-0.15, -0.1) is 0 Å². The van der Waals surface area contributed by atoms with Gasteiger partial charge in [-0.3, -0.25) is 4.79 Å². The normalized spacial score (nSPS) is 14.7. The van der Waals surface area contributed by atoms with Crippen molar-refractivity contribution in [3.8, 4) is 5.75 Å². The van der Waals surface area contributed by atoms with E-state index < -0.39 is 5.97 Å². The molecule has 4 aromatic rings. The first-order valence-electron chi connectivity index (χ1n) is 12.6. The van der Waals surface area contributed by atoms with Gasteiger partial charge in [0.15, 0.2) is 0 Å². The lowest BCUT2D eigenvalue weighted by Gasteiger charge is -2.19. The van der Waals surface area contributed by atoms with E-state index in [9.17, 15) is 14.7 Å². The van der Waals surface area contributed by atoms with Gasteiger partial charge in [0.2, 0.25) is 0 Å². The van der Waals surface area contributed by atoms with Gasteiger partial charge in [0.25, 0.3) is 5.91 Å². The van der Waals surface area contributed by atoms with Crippen molar-refractivity contribution in [2.75, 3.05) is 13.2 Å². The van der Waals surface area contributed by atoms with Crippen LogP contribution < -0.4 is 10.1 Å².